The molecule has 0 saturated heterocycles. The van der Waals surface area contributed by atoms with E-state index in [4.69, 9.17) is 5.11 Å². The number of halogens is 1. The number of carbonyl (C=O) groups is 1. The third kappa shape index (κ3) is 3.86. The van der Waals surface area contributed by atoms with Gasteiger partial charge in [-0.15, -0.1) is 0 Å². The molecule has 1 heterocycles. The number of aliphatic carboxylic acids is 1. The van der Waals surface area contributed by atoms with Gasteiger partial charge in [0.2, 0.25) is 10.0 Å². The predicted molar refractivity (Wildman–Crippen MR) is 70.4 cm³/mol. The minimum Gasteiger partial charge on any atom is -0.480 e. The highest BCUT2D eigenvalue weighted by molar-refractivity contribution is 7.89. The lowest BCUT2D eigenvalue weighted by atomic mass is 10.2. The van der Waals surface area contributed by atoms with Crippen LogP contribution in [0.2, 0.25) is 0 Å². The Hall–Kier alpha value is -2.26. The molecular weight excluding hydrogens is 301 g/mol. The van der Waals surface area contributed by atoms with Crippen molar-refractivity contribution in [1.82, 2.24) is 14.7 Å². The first-order chi connectivity index (χ1) is 9.88. The van der Waals surface area contributed by atoms with Crippen LogP contribution in [0.1, 0.15) is 5.69 Å². The molecule has 2 rings (SSSR count). The topological polar surface area (TPSA) is 112 Å². The molecule has 0 aliphatic heterocycles. The van der Waals surface area contributed by atoms with E-state index in [9.17, 15) is 17.6 Å². The molecule has 0 amide bonds. The quantitative estimate of drug-likeness (QED) is 0.720. The summed E-state index contributed by atoms with van der Waals surface area (Å²) in [7, 11) is -4.14. The van der Waals surface area contributed by atoms with Crippen LogP contribution < -0.4 is 4.72 Å². The number of aromatic nitrogens is 2. The van der Waals surface area contributed by atoms with Crippen LogP contribution >= 0.6 is 0 Å². The first kappa shape index (κ1) is 15.1. The van der Waals surface area contributed by atoms with E-state index < -0.39 is 27.9 Å². The van der Waals surface area contributed by atoms with E-state index in [1.807, 2.05) is 4.72 Å². The number of imidazole rings is 1. The smallest absolute Gasteiger partial charge is 0.322 e. The van der Waals surface area contributed by atoms with Crippen molar-refractivity contribution in [3.63, 3.8) is 0 Å². The Morgan fingerprint density at radius 3 is 2.81 bits per heavy atom. The van der Waals surface area contributed by atoms with E-state index >= 15 is 0 Å². The molecule has 0 radical (unpaired) electrons. The van der Waals surface area contributed by atoms with Crippen LogP contribution in [0.4, 0.5) is 4.39 Å². The summed E-state index contributed by atoms with van der Waals surface area (Å²) in [5.41, 5.74) is 0.462. The molecule has 9 heteroatoms. The van der Waals surface area contributed by atoms with E-state index in [2.05, 4.69) is 9.97 Å². The average Bonchev–Trinajstić information content (AvgIpc) is 2.90. The number of hydrogen-bond donors (Lipinski definition) is 3. The fraction of sp³-hybridized carbons (Fsp3) is 0.167. The number of aromatic amines is 1. The zero-order valence-corrected chi connectivity index (χ0v) is 11.5. The molecule has 0 fully saturated rings. The van der Waals surface area contributed by atoms with Gasteiger partial charge in [-0.3, -0.25) is 4.79 Å². The molecule has 0 bridgehead atoms. The number of H-pyrrole nitrogens is 1. The minimum absolute atomic E-state index is 0.107. The van der Waals surface area contributed by atoms with Gasteiger partial charge >= 0.3 is 5.97 Å². The van der Waals surface area contributed by atoms with Gasteiger partial charge in [0.25, 0.3) is 0 Å². The van der Waals surface area contributed by atoms with Gasteiger partial charge in [-0.05, 0) is 18.2 Å². The van der Waals surface area contributed by atoms with E-state index in [1.165, 1.54) is 24.7 Å². The lowest BCUT2D eigenvalue weighted by Crippen LogP contribution is -2.42. The highest BCUT2D eigenvalue weighted by atomic mass is 32.2. The number of benzene rings is 1. The van der Waals surface area contributed by atoms with Gasteiger partial charge in [0.05, 0.1) is 11.2 Å². The SMILES string of the molecule is O=C(O)[C@@H](Cc1cnc[nH]1)NS(=O)(=O)c1cccc(F)c1. The molecule has 3 N–H and O–H groups in total. The summed E-state index contributed by atoms with van der Waals surface area (Å²) >= 11 is 0. The summed E-state index contributed by atoms with van der Waals surface area (Å²) in [6, 6.07) is 2.93. The summed E-state index contributed by atoms with van der Waals surface area (Å²) in [6.07, 6.45) is 2.64. The fourth-order valence-corrected chi connectivity index (χ4v) is 2.91. The number of rotatable bonds is 6. The summed E-state index contributed by atoms with van der Waals surface area (Å²) in [5.74, 6) is -2.07. The third-order valence-corrected chi connectivity index (χ3v) is 4.15. The predicted octanol–water partition coefficient (Wildman–Crippen LogP) is 0.523. The number of carboxylic acids is 1. The van der Waals surface area contributed by atoms with Crippen LogP contribution in [0, 0.1) is 5.82 Å². The third-order valence-electron chi connectivity index (χ3n) is 2.68. The molecule has 1 atom stereocenters. The van der Waals surface area contributed by atoms with Crippen molar-refractivity contribution >= 4 is 16.0 Å². The molecule has 0 aliphatic rings. The van der Waals surface area contributed by atoms with Gasteiger partial charge in [-0.25, -0.2) is 17.8 Å². The van der Waals surface area contributed by atoms with Crippen LogP contribution in [0.25, 0.3) is 0 Å². The van der Waals surface area contributed by atoms with Gasteiger partial charge in [-0.1, -0.05) is 6.07 Å². The van der Waals surface area contributed by atoms with Crippen LogP contribution in [0.3, 0.4) is 0 Å². The largest absolute Gasteiger partial charge is 0.480 e. The number of sulfonamides is 1. The van der Waals surface area contributed by atoms with Crippen molar-refractivity contribution in [2.24, 2.45) is 0 Å². The molecule has 0 unspecified atom stereocenters. The van der Waals surface area contributed by atoms with Gasteiger partial charge in [0.1, 0.15) is 11.9 Å². The maximum Gasteiger partial charge on any atom is 0.322 e. The summed E-state index contributed by atoms with van der Waals surface area (Å²) < 4.78 is 39.2. The molecule has 21 heavy (non-hydrogen) atoms. The number of hydrogen-bond acceptors (Lipinski definition) is 4. The lowest BCUT2D eigenvalue weighted by Gasteiger charge is -2.14. The standard InChI is InChI=1S/C12H12FN3O4S/c13-8-2-1-3-10(4-8)21(19,20)16-11(12(17)18)5-9-6-14-7-15-9/h1-4,6-7,11,16H,5H2,(H,14,15)(H,17,18)/t11-/m1/s1. The Morgan fingerprint density at radius 2 is 2.24 bits per heavy atom. The van der Waals surface area contributed by atoms with E-state index in [1.54, 1.807) is 0 Å². The molecule has 0 aliphatic carbocycles. The van der Waals surface area contributed by atoms with E-state index in [-0.39, 0.29) is 11.3 Å². The Bertz CT molecular complexity index is 731. The van der Waals surface area contributed by atoms with Crippen LogP contribution in [0.15, 0.2) is 41.7 Å². The molecule has 7 nitrogen and oxygen atoms in total. The highest BCUT2D eigenvalue weighted by Gasteiger charge is 2.26. The van der Waals surface area contributed by atoms with Crippen LogP contribution in [-0.2, 0) is 21.2 Å². The van der Waals surface area contributed by atoms with Crippen molar-refractivity contribution in [3.05, 3.63) is 48.3 Å². The Balaban J connectivity index is 2.21. The van der Waals surface area contributed by atoms with Gasteiger partial charge < -0.3 is 10.1 Å². The average molecular weight is 313 g/mol. The molecule has 1 aromatic carbocycles. The Morgan fingerprint density at radius 1 is 1.48 bits per heavy atom. The molecular formula is C12H12FN3O4S. The van der Waals surface area contributed by atoms with Crippen LogP contribution in [-0.4, -0.2) is 35.5 Å². The zero-order chi connectivity index (χ0) is 15.5. The van der Waals surface area contributed by atoms with Crippen molar-refractivity contribution in [2.45, 2.75) is 17.4 Å². The molecule has 2 aromatic rings. The monoisotopic (exact) mass is 313 g/mol. The molecule has 0 spiro atoms. The van der Waals surface area contributed by atoms with Gasteiger partial charge in [-0.2, -0.15) is 4.72 Å². The van der Waals surface area contributed by atoms with Crippen molar-refractivity contribution < 1.29 is 22.7 Å². The van der Waals surface area contributed by atoms with Gasteiger partial charge in [0, 0.05) is 18.3 Å². The first-order valence-corrected chi connectivity index (χ1v) is 7.35. The summed E-state index contributed by atoms with van der Waals surface area (Å²) in [5, 5.41) is 9.10. The Labute approximate surface area is 119 Å². The second-order valence-electron chi connectivity index (χ2n) is 4.25. The van der Waals surface area contributed by atoms with E-state index in [0.29, 0.717) is 5.69 Å². The highest BCUT2D eigenvalue weighted by Crippen LogP contribution is 2.12. The molecule has 112 valence electrons. The van der Waals surface area contributed by atoms with Gasteiger partial charge in [0.15, 0.2) is 0 Å². The summed E-state index contributed by atoms with van der Waals surface area (Å²) in [4.78, 5) is 17.2. The fourth-order valence-electron chi connectivity index (χ4n) is 1.69. The normalized spacial score (nSPS) is 13.0. The van der Waals surface area contributed by atoms with Crippen molar-refractivity contribution in [1.29, 1.82) is 0 Å². The minimum atomic E-state index is -4.14. The lowest BCUT2D eigenvalue weighted by molar-refractivity contribution is -0.138. The Kier molecular flexibility index (Phi) is 4.34. The number of nitrogens with zero attached hydrogens (tertiary/aromatic N) is 1. The first-order valence-electron chi connectivity index (χ1n) is 5.86. The second kappa shape index (κ2) is 6.02. The van der Waals surface area contributed by atoms with Crippen molar-refractivity contribution in [2.75, 3.05) is 0 Å². The number of nitrogens with one attached hydrogen (secondary N) is 2. The maximum absolute atomic E-state index is 13.1. The zero-order valence-electron chi connectivity index (χ0n) is 10.7. The maximum atomic E-state index is 13.1. The summed E-state index contributed by atoms with van der Waals surface area (Å²) in [6.45, 7) is 0. The van der Waals surface area contributed by atoms with E-state index in [0.717, 1.165) is 12.1 Å². The molecule has 0 saturated carbocycles. The van der Waals surface area contributed by atoms with Crippen molar-refractivity contribution in [3.8, 4) is 0 Å². The second-order valence-corrected chi connectivity index (χ2v) is 5.96. The van der Waals surface area contributed by atoms with Crippen LogP contribution in [0.5, 0.6) is 0 Å². The molecule has 1 aromatic heterocycles. The number of carboxylic acid groups (broad SMARTS) is 1.